The van der Waals surface area contributed by atoms with Crippen LogP contribution >= 0.6 is 27.3 Å². The number of phenolic OH excluding ortho intramolecular Hbond substituents is 1. The molecule has 3 rings (SSSR count). The van der Waals surface area contributed by atoms with Gasteiger partial charge in [-0.1, -0.05) is 27.3 Å². The molecule has 0 radical (unpaired) electrons. The highest BCUT2D eigenvalue weighted by Crippen LogP contribution is 2.32. The third kappa shape index (κ3) is 2.32. The molecule has 0 saturated carbocycles. The maximum absolute atomic E-state index is 12.4. The van der Waals surface area contributed by atoms with Crippen LogP contribution in [0, 0.1) is 6.92 Å². The zero-order valence-electron chi connectivity index (χ0n) is 11.3. The molecule has 7 heteroatoms. The molecule has 0 aliphatic heterocycles. The molecule has 0 spiro atoms. The van der Waals surface area contributed by atoms with Gasteiger partial charge in [-0.05, 0) is 30.7 Å². The van der Waals surface area contributed by atoms with Crippen molar-refractivity contribution in [3.05, 3.63) is 48.9 Å². The number of aryl methyl sites for hydroxylation is 1. The molecule has 0 aliphatic rings. The largest absolute Gasteiger partial charge is 0.504 e. The van der Waals surface area contributed by atoms with Crippen LogP contribution in [0.1, 0.15) is 11.3 Å². The number of halogens is 1. The van der Waals surface area contributed by atoms with Crippen LogP contribution < -0.4 is 14.8 Å². The van der Waals surface area contributed by atoms with Crippen LogP contribution in [0.2, 0.25) is 0 Å². The van der Waals surface area contributed by atoms with Crippen LogP contribution in [-0.4, -0.2) is 21.6 Å². The Bertz CT molecular complexity index is 945. The van der Waals surface area contributed by atoms with E-state index in [1.807, 2.05) is 6.92 Å². The Balaban J connectivity index is 2.25. The van der Waals surface area contributed by atoms with E-state index >= 15 is 0 Å². The van der Waals surface area contributed by atoms with Crippen LogP contribution in [0.25, 0.3) is 11.0 Å². The number of methoxy groups -OCH3 is 1. The third-order valence-corrected chi connectivity index (χ3v) is 4.78. The highest BCUT2D eigenvalue weighted by molar-refractivity contribution is 9.10. The third-order valence-electron chi connectivity index (χ3n) is 3.11. The maximum atomic E-state index is 12.4. The van der Waals surface area contributed by atoms with E-state index in [1.54, 1.807) is 28.8 Å². The standard InChI is InChI=1S/C14H11BrN2O3S/c1-7-6-16-14-17(7)13(19)12(21-14)4-8-3-11(20-2)10(18)5-9(8)15/h3-6,18H,1-2H3/b12-4-. The van der Waals surface area contributed by atoms with Crippen molar-refractivity contribution >= 4 is 38.3 Å². The van der Waals surface area contributed by atoms with Crippen molar-refractivity contribution < 1.29 is 9.84 Å². The number of fused-ring (bicyclic) bond motifs is 1. The number of thiazole rings is 1. The second-order valence-electron chi connectivity index (χ2n) is 4.48. The minimum atomic E-state index is -0.0936. The van der Waals surface area contributed by atoms with Gasteiger partial charge in [0.1, 0.15) is 0 Å². The molecule has 2 aromatic heterocycles. The molecule has 0 saturated heterocycles. The zero-order chi connectivity index (χ0) is 15.1. The van der Waals surface area contributed by atoms with Gasteiger partial charge in [0.05, 0.1) is 11.6 Å². The Morgan fingerprint density at radius 3 is 2.90 bits per heavy atom. The van der Waals surface area contributed by atoms with Gasteiger partial charge in [-0.15, -0.1) is 0 Å². The van der Waals surface area contributed by atoms with E-state index < -0.39 is 0 Å². The summed E-state index contributed by atoms with van der Waals surface area (Å²) in [4.78, 5) is 17.2. The molecule has 0 bridgehead atoms. The molecular formula is C14H11BrN2O3S. The van der Waals surface area contributed by atoms with Crippen molar-refractivity contribution in [2.45, 2.75) is 6.92 Å². The van der Waals surface area contributed by atoms with Gasteiger partial charge < -0.3 is 9.84 Å². The van der Waals surface area contributed by atoms with Gasteiger partial charge in [-0.2, -0.15) is 0 Å². The molecule has 1 N–H and O–H groups in total. The van der Waals surface area contributed by atoms with Crippen LogP contribution in [0.3, 0.4) is 0 Å². The van der Waals surface area contributed by atoms with E-state index in [-0.39, 0.29) is 11.3 Å². The van der Waals surface area contributed by atoms with E-state index in [4.69, 9.17) is 4.74 Å². The van der Waals surface area contributed by atoms with Gasteiger partial charge in [-0.25, -0.2) is 4.98 Å². The molecule has 108 valence electrons. The van der Waals surface area contributed by atoms with Crippen LogP contribution in [0.4, 0.5) is 0 Å². The quantitative estimate of drug-likeness (QED) is 0.754. The predicted molar refractivity (Wildman–Crippen MR) is 85.2 cm³/mol. The van der Waals surface area contributed by atoms with Gasteiger partial charge in [0.15, 0.2) is 16.5 Å². The summed E-state index contributed by atoms with van der Waals surface area (Å²) in [7, 11) is 1.48. The number of hydrogen-bond donors (Lipinski definition) is 1. The lowest BCUT2D eigenvalue weighted by atomic mass is 10.2. The second kappa shape index (κ2) is 5.16. The average molecular weight is 367 g/mol. The number of aromatic hydroxyl groups is 1. The Labute approximate surface area is 132 Å². The molecule has 2 heterocycles. The molecule has 1 aromatic carbocycles. The number of aromatic nitrogens is 2. The molecule has 21 heavy (non-hydrogen) atoms. The van der Waals surface area contributed by atoms with Crippen molar-refractivity contribution in [3.8, 4) is 11.5 Å². The highest BCUT2D eigenvalue weighted by atomic mass is 79.9. The molecule has 3 aromatic rings. The van der Waals surface area contributed by atoms with E-state index in [9.17, 15) is 9.90 Å². The van der Waals surface area contributed by atoms with Gasteiger partial charge in [0.25, 0.3) is 5.56 Å². The summed E-state index contributed by atoms with van der Waals surface area (Å²) in [5.41, 5.74) is 1.47. The van der Waals surface area contributed by atoms with Crippen molar-refractivity contribution in [2.75, 3.05) is 7.11 Å². The van der Waals surface area contributed by atoms with Crippen LogP contribution in [-0.2, 0) is 0 Å². The number of ether oxygens (including phenoxy) is 1. The topological polar surface area (TPSA) is 63.8 Å². The average Bonchev–Trinajstić information content (AvgIpc) is 2.95. The van der Waals surface area contributed by atoms with Crippen molar-refractivity contribution in [1.29, 1.82) is 0 Å². The number of nitrogens with zero attached hydrogens (tertiary/aromatic N) is 2. The predicted octanol–water partition coefficient (Wildman–Crippen LogP) is 2.09. The minimum absolute atomic E-state index is 0.0423. The summed E-state index contributed by atoms with van der Waals surface area (Å²) in [6, 6.07) is 3.22. The lowest BCUT2D eigenvalue weighted by molar-refractivity contribution is 0.373. The first-order valence-electron chi connectivity index (χ1n) is 6.06. The Hall–Kier alpha value is -1.86. The number of rotatable bonds is 2. The molecule has 0 atom stereocenters. The lowest BCUT2D eigenvalue weighted by Crippen LogP contribution is -2.23. The van der Waals surface area contributed by atoms with Gasteiger partial charge in [0, 0.05) is 16.4 Å². The van der Waals surface area contributed by atoms with E-state index in [2.05, 4.69) is 20.9 Å². The molecule has 0 fully saturated rings. The van der Waals surface area contributed by atoms with Gasteiger partial charge >= 0.3 is 0 Å². The van der Waals surface area contributed by atoms with Crippen molar-refractivity contribution in [3.63, 3.8) is 0 Å². The normalized spacial score (nSPS) is 12.2. The number of benzene rings is 1. The minimum Gasteiger partial charge on any atom is -0.504 e. The SMILES string of the molecule is COc1cc(/C=c2\sc3ncc(C)n3c2=O)c(Br)cc1O. The van der Waals surface area contributed by atoms with Crippen LogP contribution in [0.15, 0.2) is 27.6 Å². The Kier molecular flexibility index (Phi) is 3.46. The molecule has 0 aliphatic carbocycles. The van der Waals surface area contributed by atoms with E-state index in [1.165, 1.54) is 18.4 Å². The zero-order valence-corrected chi connectivity index (χ0v) is 13.7. The van der Waals surface area contributed by atoms with Crippen LogP contribution in [0.5, 0.6) is 11.5 Å². The summed E-state index contributed by atoms with van der Waals surface area (Å²) in [5, 5.41) is 9.71. The molecule has 0 unspecified atom stereocenters. The number of phenols is 1. The van der Waals surface area contributed by atoms with E-state index in [0.717, 1.165) is 11.3 Å². The first-order valence-corrected chi connectivity index (χ1v) is 7.67. The summed E-state index contributed by atoms with van der Waals surface area (Å²) >= 11 is 4.70. The molecule has 0 amide bonds. The number of hydrogen-bond acceptors (Lipinski definition) is 5. The molecular weight excluding hydrogens is 356 g/mol. The highest BCUT2D eigenvalue weighted by Gasteiger charge is 2.10. The van der Waals surface area contributed by atoms with Gasteiger partial charge in [-0.3, -0.25) is 9.20 Å². The molecule has 5 nitrogen and oxygen atoms in total. The summed E-state index contributed by atoms with van der Waals surface area (Å²) in [6.07, 6.45) is 3.43. The van der Waals surface area contributed by atoms with Crippen molar-refractivity contribution in [1.82, 2.24) is 9.38 Å². The lowest BCUT2D eigenvalue weighted by Gasteiger charge is -2.05. The fourth-order valence-electron chi connectivity index (χ4n) is 2.05. The Morgan fingerprint density at radius 1 is 1.48 bits per heavy atom. The first kappa shape index (κ1) is 14.1. The fraction of sp³-hybridized carbons (Fsp3) is 0.143. The maximum Gasteiger partial charge on any atom is 0.274 e. The summed E-state index contributed by atoms with van der Waals surface area (Å²) < 4.78 is 7.94. The second-order valence-corrected chi connectivity index (χ2v) is 6.34. The summed E-state index contributed by atoms with van der Waals surface area (Å²) in [6.45, 7) is 1.84. The monoisotopic (exact) mass is 366 g/mol. The summed E-state index contributed by atoms with van der Waals surface area (Å²) in [5.74, 6) is 0.398. The van der Waals surface area contributed by atoms with Crippen molar-refractivity contribution in [2.24, 2.45) is 0 Å². The van der Waals surface area contributed by atoms with Gasteiger partial charge in [0.2, 0.25) is 0 Å². The number of imidazole rings is 1. The van der Waals surface area contributed by atoms with E-state index in [0.29, 0.717) is 19.7 Å². The smallest absolute Gasteiger partial charge is 0.274 e. The first-order chi connectivity index (χ1) is 10.0. The fourth-order valence-corrected chi connectivity index (χ4v) is 3.48. The Morgan fingerprint density at radius 2 is 2.24 bits per heavy atom.